The number of imidazole rings is 1. The molecule has 4 aromatic rings. The predicted octanol–water partition coefficient (Wildman–Crippen LogP) is 3.72. The number of fused-ring (bicyclic) bond motifs is 1. The van der Waals surface area contributed by atoms with Crippen molar-refractivity contribution in [3.63, 3.8) is 0 Å². The van der Waals surface area contributed by atoms with E-state index in [0.717, 1.165) is 6.07 Å². The number of pyridine rings is 1. The molecule has 0 atom stereocenters. The standard InChI is InChI=1S/C19H11F4N5O/c20-14-2-1-10(7-12(14)13-8-25-5-3-11(13)17(24)29)15-9-26-18-27-16(19(21,22)23)4-6-28(15)18/h1-9H,(H2,24,29). The number of nitrogens with two attached hydrogens (primary N) is 1. The fourth-order valence-corrected chi connectivity index (χ4v) is 2.96. The molecule has 0 fully saturated rings. The maximum atomic E-state index is 14.5. The van der Waals surface area contributed by atoms with E-state index in [0.29, 0.717) is 11.3 Å². The van der Waals surface area contributed by atoms with E-state index in [1.807, 2.05) is 0 Å². The molecule has 1 amide bonds. The number of aromatic nitrogens is 4. The highest BCUT2D eigenvalue weighted by Crippen LogP contribution is 2.32. The average molecular weight is 401 g/mol. The molecular weight excluding hydrogens is 390 g/mol. The van der Waals surface area contributed by atoms with Crippen LogP contribution in [0.4, 0.5) is 17.6 Å². The molecule has 6 nitrogen and oxygen atoms in total. The van der Waals surface area contributed by atoms with Crippen molar-refractivity contribution in [3.8, 4) is 22.4 Å². The van der Waals surface area contributed by atoms with E-state index in [4.69, 9.17) is 5.73 Å². The number of primary amides is 1. The van der Waals surface area contributed by atoms with Crippen LogP contribution in [0.2, 0.25) is 0 Å². The summed E-state index contributed by atoms with van der Waals surface area (Å²) >= 11 is 0. The molecule has 146 valence electrons. The molecule has 2 N–H and O–H groups in total. The van der Waals surface area contributed by atoms with Crippen molar-refractivity contribution >= 4 is 11.7 Å². The normalized spacial score (nSPS) is 11.7. The molecule has 0 saturated carbocycles. The Labute approximate surface area is 160 Å². The number of halogens is 4. The van der Waals surface area contributed by atoms with Gasteiger partial charge in [0.05, 0.1) is 17.5 Å². The Balaban J connectivity index is 1.86. The van der Waals surface area contributed by atoms with Gasteiger partial charge in [-0.3, -0.25) is 14.2 Å². The summed E-state index contributed by atoms with van der Waals surface area (Å²) in [6, 6.07) is 6.27. The first-order valence-corrected chi connectivity index (χ1v) is 8.21. The Kier molecular flexibility index (Phi) is 4.26. The second-order valence-corrected chi connectivity index (χ2v) is 6.10. The molecule has 0 bridgehead atoms. The Morgan fingerprint density at radius 2 is 1.86 bits per heavy atom. The first-order valence-electron chi connectivity index (χ1n) is 8.21. The van der Waals surface area contributed by atoms with Gasteiger partial charge in [-0.15, -0.1) is 0 Å². The number of carbonyl (C=O) groups excluding carboxylic acids is 1. The van der Waals surface area contributed by atoms with Crippen LogP contribution < -0.4 is 5.73 Å². The lowest BCUT2D eigenvalue weighted by Gasteiger charge is -2.10. The molecule has 1 aromatic carbocycles. The van der Waals surface area contributed by atoms with Crippen molar-refractivity contribution < 1.29 is 22.4 Å². The van der Waals surface area contributed by atoms with Crippen LogP contribution in [-0.4, -0.2) is 25.3 Å². The third-order valence-electron chi connectivity index (χ3n) is 4.31. The first-order chi connectivity index (χ1) is 13.8. The van der Waals surface area contributed by atoms with Crippen LogP contribution in [0.25, 0.3) is 28.2 Å². The van der Waals surface area contributed by atoms with Gasteiger partial charge in [0.1, 0.15) is 11.5 Å². The second-order valence-electron chi connectivity index (χ2n) is 6.10. The van der Waals surface area contributed by atoms with Gasteiger partial charge in [0, 0.05) is 35.3 Å². The molecule has 0 aliphatic rings. The van der Waals surface area contributed by atoms with E-state index in [1.165, 1.54) is 53.5 Å². The molecule has 0 radical (unpaired) electrons. The van der Waals surface area contributed by atoms with Gasteiger partial charge in [0.2, 0.25) is 11.7 Å². The lowest BCUT2D eigenvalue weighted by molar-refractivity contribution is -0.141. The molecule has 0 saturated heterocycles. The van der Waals surface area contributed by atoms with Crippen molar-refractivity contribution in [3.05, 3.63) is 72.2 Å². The van der Waals surface area contributed by atoms with Crippen molar-refractivity contribution in [2.45, 2.75) is 6.18 Å². The van der Waals surface area contributed by atoms with Crippen LogP contribution in [0.15, 0.2) is 55.1 Å². The number of hydrogen-bond donors (Lipinski definition) is 1. The van der Waals surface area contributed by atoms with E-state index in [1.54, 1.807) is 0 Å². The topological polar surface area (TPSA) is 86.2 Å². The van der Waals surface area contributed by atoms with Crippen molar-refractivity contribution in [1.29, 1.82) is 0 Å². The van der Waals surface area contributed by atoms with Crippen LogP contribution >= 0.6 is 0 Å². The Morgan fingerprint density at radius 1 is 1.07 bits per heavy atom. The fourth-order valence-electron chi connectivity index (χ4n) is 2.96. The minimum atomic E-state index is -4.59. The maximum absolute atomic E-state index is 14.5. The smallest absolute Gasteiger partial charge is 0.366 e. The van der Waals surface area contributed by atoms with E-state index in [2.05, 4.69) is 15.0 Å². The zero-order valence-electron chi connectivity index (χ0n) is 14.5. The van der Waals surface area contributed by atoms with Gasteiger partial charge in [-0.2, -0.15) is 13.2 Å². The van der Waals surface area contributed by atoms with Gasteiger partial charge in [-0.05, 0) is 30.3 Å². The summed E-state index contributed by atoms with van der Waals surface area (Å²) in [7, 11) is 0. The van der Waals surface area contributed by atoms with E-state index in [9.17, 15) is 22.4 Å². The zero-order valence-corrected chi connectivity index (χ0v) is 14.5. The Bertz CT molecular complexity index is 1250. The summed E-state index contributed by atoms with van der Waals surface area (Å²) in [5.74, 6) is -1.51. The molecule has 10 heteroatoms. The first kappa shape index (κ1) is 18.5. The summed E-state index contributed by atoms with van der Waals surface area (Å²) in [4.78, 5) is 23.0. The summed E-state index contributed by atoms with van der Waals surface area (Å²) in [6.07, 6.45) is 0.600. The van der Waals surface area contributed by atoms with Crippen molar-refractivity contribution in [1.82, 2.24) is 19.4 Å². The van der Waals surface area contributed by atoms with Gasteiger partial charge in [0.15, 0.2) is 0 Å². The quantitative estimate of drug-likeness (QED) is 0.530. The number of nitrogens with zero attached hydrogens (tertiary/aromatic N) is 4. The maximum Gasteiger partial charge on any atom is 0.433 e. The van der Waals surface area contributed by atoms with E-state index < -0.39 is 23.6 Å². The number of amides is 1. The lowest BCUT2D eigenvalue weighted by atomic mass is 9.98. The Hall–Kier alpha value is -3.82. The molecule has 3 heterocycles. The van der Waals surface area contributed by atoms with E-state index in [-0.39, 0.29) is 22.5 Å². The number of carbonyl (C=O) groups is 1. The summed E-state index contributed by atoms with van der Waals surface area (Å²) in [5.41, 5.74) is 5.49. The Morgan fingerprint density at radius 3 is 2.59 bits per heavy atom. The zero-order chi connectivity index (χ0) is 20.8. The summed E-state index contributed by atoms with van der Waals surface area (Å²) in [5, 5.41) is 0. The molecule has 4 rings (SSSR count). The van der Waals surface area contributed by atoms with Crippen molar-refractivity contribution in [2.75, 3.05) is 0 Å². The van der Waals surface area contributed by atoms with Gasteiger partial charge < -0.3 is 5.73 Å². The van der Waals surface area contributed by atoms with Crippen molar-refractivity contribution in [2.24, 2.45) is 5.73 Å². The van der Waals surface area contributed by atoms with Gasteiger partial charge in [-0.1, -0.05) is 0 Å². The number of hydrogen-bond acceptors (Lipinski definition) is 4. The molecule has 3 aromatic heterocycles. The second kappa shape index (κ2) is 6.66. The highest BCUT2D eigenvalue weighted by molar-refractivity contribution is 5.99. The summed E-state index contributed by atoms with van der Waals surface area (Å²) < 4.78 is 54.4. The minimum absolute atomic E-state index is 0.0687. The minimum Gasteiger partial charge on any atom is -0.366 e. The van der Waals surface area contributed by atoms with Gasteiger partial charge in [-0.25, -0.2) is 14.4 Å². The van der Waals surface area contributed by atoms with Crippen LogP contribution in [0.1, 0.15) is 16.1 Å². The highest BCUT2D eigenvalue weighted by Gasteiger charge is 2.33. The van der Waals surface area contributed by atoms with Crippen LogP contribution in [-0.2, 0) is 6.18 Å². The van der Waals surface area contributed by atoms with Crippen LogP contribution in [0.3, 0.4) is 0 Å². The van der Waals surface area contributed by atoms with Crippen LogP contribution in [0.5, 0.6) is 0 Å². The third kappa shape index (κ3) is 3.28. The van der Waals surface area contributed by atoms with Gasteiger partial charge in [0.25, 0.3) is 0 Å². The molecule has 29 heavy (non-hydrogen) atoms. The number of alkyl halides is 3. The third-order valence-corrected chi connectivity index (χ3v) is 4.31. The number of benzene rings is 1. The average Bonchev–Trinajstić information content (AvgIpc) is 3.11. The molecule has 0 aliphatic carbocycles. The monoisotopic (exact) mass is 401 g/mol. The highest BCUT2D eigenvalue weighted by atomic mass is 19.4. The summed E-state index contributed by atoms with van der Waals surface area (Å²) in [6.45, 7) is 0. The molecular formula is C19H11F4N5O. The van der Waals surface area contributed by atoms with E-state index >= 15 is 0 Å². The van der Waals surface area contributed by atoms with Gasteiger partial charge >= 0.3 is 6.18 Å². The lowest BCUT2D eigenvalue weighted by Crippen LogP contribution is -2.12. The largest absolute Gasteiger partial charge is 0.433 e. The molecule has 0 unspecified atom stereocenters. The number of rotatable bonds is 3. The predicted molar refractivity (Wildman–Crippen MR) is 95.1 cm³/mol. The molecule has 0 aliphatic heterocycles. The SMILES string of the molecule is NC(=O)c1ccncc1-c1cc(-c2cnc3nc(C(F)(F)F)ccn23)ccc1F. The van der Waals surface area contributed by atoms with Crippen LogP contribution in [0, 0.1) is 5.82 Å². The fraction of sp³-hybridized carbons (Fsp3) is 0.0526. The molecule has 0 spiro atoms.